The van der Waals surface area contributed by atoms with Gasteiger partial charge < -0.3 is 14.7 Å². The average molecular weight is 367 g/mol. The number of carboxylic acid groups (broad SMARTS) is 1. The lowest BCUT2D eigenvalue weighted by atomic mass is 10.1. The van der Waals surface area contributed by atoms with Crippen molar-refractivity contribution in [3.63, 3.8) is 0 Å². The Morgan fingerprint density at radius 1 is 1.12 bits per heavy atom. The zero-order valence-electron chi connectivity index (χ0n) is 13.9. The lowest BCUT2D eigenvalue weighted by Crippen LogP contribution is -2.17. The molecule has 0 heterocycles. The van der Waals surface area contributed by atoms with Gasteiger partial charge >= 0.3 is 5.97 Å². The number of benzene rings is 1. The predicted molar refractivity (Wildman–Crippen MR) is 90.3 cm³/mol. The van der Waals surface area contributed by atoms with E-state index in [1.807, 2.05) is 0 Å². The fourth-order valence-electron chi connectivity index (χ4n) is 2.93. The molecule has 8 heteroatoms. The Balaban J connectivity index is 1.74. The number of methoxy groups -OCH3 is 1. The van der Waals surface area contributed by atoms with E-state index in [2.05, 4.69) is 5.16 Å². The third kappa shape index (κ3) is 4.01. The van der Waals surface area contributed by atoms with Gasteiger partial charge in [0.05, 0.1) is 16.2 Å². The van der Waals surface area contributed by atoms with E-state index in [0.717, 1.165) is 12.8 Å². The summed E-state index contributed by atoms with van der Waals surface area (Å²) >= 11 is 0. The second-order valence-corrected chi connectivity index (χ2v) is 8.64. The number of hydrogen-bond donors (Lipinski definition) is 1. The summed E-state index contributed by atoms with van der Waals surface area (Å²) < 4.78 is 29.6. The number of rotatable bonds is 7. The van der Waals surface area contributed by atoms with Gasteiger partial charge in [-0.15, -0.1) is 0 Å². The fraction of sp³-hybridized carbons (Fsp3) is 0.529. The van der Waals surface area contributed by atoms with E-state index in [1.54, 1.807) is 7.11 Å². The molecule has 2 fully saturated rings. The molecule has 2 saturated carbocycles. The van der Waals surface area contributed by atoms with Crippen LogP contribution in [0.4, 0.5) is 0 Å². The second kappa shape index (κ2) is 7.13. The quantitative estimate of drug-likeness (QED) is 0.584. The lowest BCUT2D eigenvalue weighted by molar-refractivity contribution is -0.129. The summed E-state index contributed by atoms with van der Waals surface area (Å²) in [6, 6.07) is 5.77. The molecular weight excluding hydrogens is 346 g/mol. The number of aliphatic carboxylic acids is 1. The topological polar surface area (TPSA) is 102 Å². The van der Waals surface area contributed by atoms with Gasteiger partial charge in [-0.05, 0) is 37.8 Å². The molecule has 0 saturated heterocycles. The highest BCUT2D eigenvalue weighted by molar-refractivity contribution is 7.92. The zero-order chi connectivity index (χ0) is 18.0. The molecule has 0 radical (unpaired) electrons. The Hall–Kier alpha value is -1.93. The normalized spacial score (nSPS) is 24.3. The molecule has 0 spiro atoms. The van der Waals surface area contributed by atoms with E-state index in [1.165, 1.54) is 24.3 Å². The molecule has 25 heavy (non-hydrogen) atoms. The Kier molecular flexibility index (Phi) is 5.10. The van der Waals surface area contributed by atoms with Crippen molar-refractivity contribution in [3.05, 3.63) is 29.8 Å². The zero-order valence-corrected chi connectivity index (χ0v) is 14.7. The molecule has 136 valence electrons. The standard InChI is InChI=1S/C17H21NO6S/c1-23-12-4-5-13(10-12)24-18-16(17(19)20)11-2-6-14(7-3-11)25(21,22)15-8-9-15/h2-3,6-7,12-13,15H,4-5,8-10H2,1H3,(H,19,20)/b18-16+/t12-,13-/m1/s1. The average Bonchev–Trinajstić information content (AvgIpc) is 3.36. The van der Waals surface area contributed by atoms with Gasteiger partial charge in [0.1, 0.15) is 6.10 Å². The van der Waals surface area contributed by atoms with Crippen LogP contribution in [0.1, 0.15) is 37.7 Å². The maximum absolute atomic E-state index is 12.2. The third-order valence-corrected chi connectivity index (χ3v) is 6.86. The number of hydrogen-bond acceptors (Lipinski definition) is 6. The molecule has 1 N–H and O–H groups in total. The molecule has 1 aromatic carbocycles. The number of ether oxygens (including phenoxy) is 1. The first kappa shape index (κ1) is 17.9. The van der Waals surface area contributed by atoms with Crippen LogP contribution in [0.15, 0.2) is 34.3 Å². The number of nitrogens with zero attached hydrogens (tertiary/aromatic N) is 1. The Bertz CT molecular complexity index is 767. The Labute approximate surface area is 146 Å². The Morgan fingerprint density at radius 3 is 2.28 bits per heavy atom. The summed E-state index contributed by atoms with van der Waals surface area (Å²) in [6.45, 7) is 0. The van der Waals surface area contributed by atoms with Gasteiger partial charge in [0.25, 0.3) is 0 Å². The molecule has 0 unspecified atom stereocenters. The van der Waals surface area contributed by atoms with Gasteiger partial charge in [-0.1, -0.05) is 17.3 Å². The molecule has 0 aliphatic heterocycles. The van der Waals surface area contributed by atoms with Crippen LogP contribution in [0.25, 0.3) is 0 Å². The van der Waals surface area contributed by atoms with Crippen LogP contribution >= 0.6 is 0 Å². The minimum absolute atomic E-state index is 0.111. The third-order valence-electron chi connectivity index (χ3n) is 4.58. The molecular formula is C17H21NO6S. The summed E-state index contributed by atoms with van der Waals surface area (Å²) in [5.41, 5.74) is 0.0692. The van der Waals surface area contributed by atoms with Crippen LogP contribution in [0.3, 0.4) is 0 Å². The van der Waals surface area contributed by atoms with Crippen molar-refractivity contribution in [3.8, 4) is 0 Å². The molecule has 7 nitrogen and oxygen atoms in total. The second-order valence-electron chi connectivity index (χ2n) is 6.41. The van der Waals surface area contributed by atoms with Crippen LogP contribution in [-0.2, 0) is 24.2 Å². The van der Waals surface area contributed by atoms with E-state index >= 15 is 0 Å². The van der Waals surface area contributed by atoms with Crippen molar-refractivity contribution in [2.75, 3.05) is 7.11 Å². The van der Waals surface area contributed by atoms with Crippen LogP contribution < -0.4 is 0 Å². The molecule has 2 atom stereocenters. The summed E-state index contributed by atoms with van der Waals surface area (Å²) in [7, 11) is -1.66. The van der Waals surface area contributed by atoms with Gasteiger partial charge in [0.2, 0.25) is 0 Å². The van der Waals surface area contributed by atoms with Gasteiger partial charge in [0, 0.05) is 19.1 Å². The van der Waals surface area contributed by atoms with Crippen molar-refractivity contribution >= 4 is 21.5 Å². The first-order valence-corrected chi connectivity index (χ1v) is 9.80. The lowest BCUT2D eigenvalue weighted by Gasteiger charge is -2.10. The van der Waals surface area contributed by atoms with Crippen molar-refractivity contribution in [1.82, 2.24) is 0 Å². The summed E-state index contributed by atoms with van der Waals surface area (Å²) in [6.07, 6.45) is 3.59. The molecule has 2 aliphatic rings. The molecule has 2 aliphatic carbocycles. The van der Waals surface area contributed by atoms with Gasteiger partial charge in [0.15, 0.2) is 15.5 Å². The minimum Gasteiger partial charge on any atom is -0.476 e. The van der Waals surface area contributed by atoms with E-state index in [9.17, 15) is 18.3 Å². The van der Waals surface area contributed by atoms with Crippen LogP contribution in [-0.4, -0.2) is 49.8 Å². The van der Waals surface area contributed by atoms with Crippen LogP contribution in [0, 0.1) is 0 Å². The fourth-order valence-corrected chi connectivity index (χ4v) is 4.58. The largest absolute Gasteiger partial charge is 0.476 e. The summed E-state index contributed by atoms with van der Waals surface area (Å²) in [4.78, 5) is 17.1. The highest BCUT2D eigenvalue weighted by Crippen LogP contribution is 2.33. The summed E-state index contributed by atoms with van der Waals surface area (Å²) in [5.74, 6) is -1.22. The van der Waals surface area contributed by atoms with Gasteiger partial charge in [-0.3, -0.25) is 0 Å². The van der Waals surface area contributed by atoms with Gasteiger partial charge in [-0.25, -0.2) is 13.2 Å². The minimum atomic E-state index is -3.30. The molecule has 3 rings (SSSR count). The molecule has 0 aromatic heterocycles. The van der Waals surface area contributed by atoms with Crippen molar-refractivity contribution in [1.29, 1.82) is 0 Å². The first-order valence-electron chi connectivity index (χ1n) is 8.26. The van der Waals surface area contributed by atoms with E-state index in [0.29, 0.717) is 24.8 Å². The maximum atomic E-state index is 12.2. The van der Waals surface area contributed by atoms with Crippen molar-refractivity contribution in [2.45, 2.75) is 54.5 Å². The highest BCUT2D eigenvalue weighted by atomic mass is 32.2. The first-order chi connectivity index (χ1) is 11.9. The maximum Gasteiger partial charge on any atom is 0.358 e. The number of oxime groups is 1. The number of carboxylic acids is 1. The molecule has 0 amide bonds. The van der Waals surface area contributed by atoms with Crippen LogP contribution in [0.5, 0.6) is 0 Å². The van der Waals surface area contributed by atoms with E-state index in [4.69, 9.17) is 9.57 Å². The van der Waals surface area contributed by atoms with Crippen molar-refractivity contribution in [2.24, 2.45) is 5.16 Å². The smallest absolute Gasteiger partial charge is 0.358 e. The SMILES string of the molecule is CO[C@@H]1CC[C@@H](O/N=C(/C(=O)O)c2ccc(S(=O)(=O)C3CC3)cc2)C1. The van der Waals surface area contributed by atoms with E-state index < -0.39 is 15.8 Å². The number of carbonyl (C=O) groups is 1. The summed E-state index contributed by atoms with van der Waals surface area (Å²) in [5, 5.41) is 12.9. The van der Waals surface area contributed by atoms with E-state index in [-0.39, 0.29) is 28.1 Å². The number of sulfone groups is 1. The Morgan fingerprint density at radius 2 is 1.76 bits per heavy atom. The molecule has 0 bridgehead atoms. The van der Waals surface area contributed by atoms with Crippen LogP contribution in [0.2, 0.25) is 0 Å². The monoisotopic (exact) mass is 367 g/mol. The molecule has 1 aromatic rings. The predicted octanol–water partition coefficient (Wildman–Crippen LogP) is 2.00. The van der Waals surface area contributed by atoms with Crippen molar-refractivity contribution < 1.29 is 27.9 Å². The highest BCUT2D eigenvalue weighted by Gasteiger charge is 2.36. The van der Waals surface area contributed by atoms with Gasteiger partial charge in [-0.2, -0.15) is 0 Å².